The second-order valence-electron chi connectivity index (χ2n) is 3.80. The van der Waals surface area contributed by atoms with Crippen molar-refractivity contribution >= 4 is 16.3 Å². The molecule has 0 bridgehead atoms. The van der Waals surface area contributed by atoms with Gasteiger partial charge in [-0.3, -0.25) is 0 Å². The van der Waals surface area contributed by atoms with E-state index in [1.807, 2.05) is 4.72 Å². The summed E-state index contributed by atoms with van der Waals surface area (Å²) in [7, 11) is -2.69. The fraction of sp³-hybridized carbons (Fsp3) is 0.889. The molecule has 1 aliphatic rings. The van der Waals surface area contributed by atoms with Crippen molar-refractivity contribution in [3.63, 3.8) is 0 Å². The van der Waals surface area contributed by atoms with E-state index in [1.165, 1.54) is 4.31 Å². The lowest BCUT2D eigenvalue weighted by Gasteiger charge is -2.32. The average molecular weight is 265 g/mol. The summed E-state index contributed by atoms with van der Waals surface area (Å²) in [4.78, 5) is 11.0. The van der Waals surface area contributed by atoms with Crippen LogP contribution in [-0.2, 0) is 14.9 Å². The molecule has 1 aliphatic heterocycles. The summed E-state index contributed by atoms with van der Waals surface area (Å²) < 4.78 is 31.3. The van der Waals surface area contributed by atoms with Crippen molar-refractivity contribution in [2.75, 3.05) is 26.7 Å². The molecule has 17 heavy (non-hydrogen) atoms. The van der Waals surface area contributed by atoms with Crippen LogP contribution in [0.1, 0.15) is 19.8 Å². The third-order valence-corrected chi connectivity index (χ3v) is 4.29. The van der Waals surface area contributed by atoms with Gasteiger partial charge in [-0.2, -0.15) is 12.7 Å². The van der Waals surface area contributed by atoms with Crippen LogP contribution in [0.4, 0.5) is 4.79 Å². The largest absolute Gasteiger partial charge is 0.452 e. The number of piperidine rings is 1. The van der Waals surface area contributed by atoms with E-state index in [-0.39, 0.29) is 6.04 Å². The molecule has 8 heteroatoms. The zero-order chi connectivity index (χ0) is 12.9. The van der Waals surface area contributed by atoms with Crippen LogP contribution in [0.15, 0.2) is 0 Å². The molecule has 1 rings (SSSR count). The van der Waals surface area contributed by atoms with Gasteiger partial charge in [0, 0.05) is 19.1 Å². The van der Waals surface area contributed by atoms with E-state index in [0.29, 0.717) is 13.1 Å². The number of carbonyl (C=O) groups is 1. The predicted octanol–water partition coefficient (Wildman–Crippen LogP) is -0.339. The summed E-state index contributed by atoms with van der Waals surface area (Å²) in [5.74, 6) is 0. The minimum absolute atomic E-state index is 0.115. The van der Waals surface area contributed by atoms with E-state index in [1.54, 1.807) is 6.92 Å². The minimum Gasteiger partial charge on any atom is -0.452 e. The standard InChI is InChI=1S/C9H19N3O4S/c1-3-12(8-5-4-6-10-7-8)17(14,15)11-9(13)16-2/h8,10H,3-7H2,1-2H3,(H,11,13). The Balaban J connectivity index is 2.73. The Morgan fingerprint density at radius 1 is 1.59 bits per heavy atom. The number of rotatable bonds is 4. The summed E-state index contributed by atoms with van der Waals surface area (Å²) in [5, 5.41) is 3.14. The first-order valence-electron chi connectivity index (χ1n) is 5.59. The van der Waals surface area contributed by atoms with E-state index < -0.39 is 16.3 Å². The molecule has 100 valence electrons. The van der Waals surface area contributed by atoms with Gasteiger partial charge in [0.2, 0.25) is 0 Å². The second-order valence-corrected chi connectivity index (χ2v) is 5.43. The van der Waals surface area contributed by atoms with E-state index in [9.17, 15) is 13.2 Å². The zero-order valence-corrected chi connectivity index (χ0v) is 10.9. The van der Waals surface area contributed by atoms with Crippen LogP contribution in [0.2, 0.25) is 0 Å². The van der Waals surface area contributed by atoms with Crippen molar-refractivity contribution in [1.29, 1.82) is 0 Å². The number of methoxy groups -OCH3 is 1. The Kier molecular flexibility index (Phi) is 5.16. The molecule has 0 aromatic rings. The lowest BCUT2D eigenvalue weighted by Crippen LogP contribution is -2.53. The second kappa shape index (κ2) is 6.18. The van der Waals surface area contributed by atoms with Crippen LogP contribution in [0.3, 0.4) is 0 Å². The van der Waals surface area contributed by atoms with Crippen molar-refractivity contribution in [2.45, 2.75) is 25.8 Å². The van der Waals surface area contributed by atoms with Gasteiger partial charge in [-0.05, 0) is 19.4 Å². The summed E-state index contributed by atoms with van der Waals surface area (Å²) in [6.45, 7) is 3.57. The molecule has 1 saturated heterocycles. The van der Waals surface area contributed by atoms with Gasteiger partial charge in [0.25, 0.3) is 0 Å². The van der Waals surface area contributed by atoms with Crippen molar-refractivity contribution in [3.8, 4) is 0 Å². The van der Waals surface area contributed by atoms with Crippen molar-refractivity contribution in [1.82, 2.24) is 14.3 Å². The molecule has 0 aromatic heterocycles. The first-order chi connectivity index (χ1) is 8.01. The van der Waals surface area contributed by atoms with Crippen LogP contribution in [0, 0.1) is 0 Å². The van der Waals surface area contributed by atoms with Crippen molar-refractivity contribution < 1.29 is 17.9 Å². The average Bonchev–Trinajstić information content (AvgIpc) is 2.30. The Morgan fingerprint density at radius 2 is 2.29 bits per heavy atom. The number of nitrogens with one attached hydrogen (secondary N) is 2. The predicted molar refractivity (Wildman–Crippen MR) is 62.7 cm³/mol. The molecule has 7 nitrogen and oxygen atoms in total. The van der Waals surface area contributed by atoms with Crippen LogP contribution >= 0.6 is 0 Å². The molecule has 0 aliphatic carbocycles. The number of amides is 1. The van der Waals surface area contributed by atoms with Gasteiger partial charge in [-0.1, -0.05) is 6.92 Å². The number of nitrogens with zero attached hydrogens (tertiary/aromatic N) is 1. The van der Waals surface area contributed by atoms with Gasteiger partial charge < -0.3 is 10.1 Å². The molecule has 0 spiro atoms. The molecule has 0 aromatic carbocycles. The third kappa shape index (κ3) is 3.83. The molecular weight excluding hydrogens is 246 g/mol. The summed E-state index contributed by atoms with van der Waals surface area (Å²) >= 11 is 0. The number of likely N-dealkylation sites (N-methyl/N-ethyl adjacent to an activating group) is 1. The van der Waals surface area contributed by atoms with E-state index in [0.717, 1.165) is 26.5 Å². The minimum atomic E-state index is -3.81. The highest BCUT2D eigenvalue weighted by Crippen LogP contribution is 2.13. The van der Waals surface area contributed by atoms with Gasteiger partial charge in [0.1, 0.15) is 0 Å². The quantitative estimate of drug-likeness (QED) is 0.726. The molecule has 2 N–H and O–H groups in total. The fourth-order valence-corrected chi connectivity index (χ4v) is 3.23. The van der Waals surface area contributed by atoms with Crippen LogP contribution < -0.4 is 10.0 Å². The first-order valence-corrected chi connectivity index (χ1v) is 7.03. The van der Waals surface area contributed by atoms with Crippen LogP contribution in [0.25, 0.3) is 0 Å². The molecule has 1 heterocycles. The first kappa shape index (κ1) is 14.2. The van der Waals surface area contributed by atoms with Crippen molar-refractivity contribution in [3.05, 3.63) is 0 Å². The number of hydrogen-bond donors (Lipinski definition) is 2. The highest BCUT2D eigenvalue weighted by Gasteiger charge is 2.31. The maximum Gasteiger partial charge on any atom is 0.421 e. The van der Waals surface area contributed by atoms with E-state index in [4.69, 9.17) is 0 Å². The van der Waals surface area contributed by atoms with E-state index >= 15 is 0 Å². The normalized spacial score (nSPS) is 21.2. The summed E-state index contributed by atoms with van der Waals surface area (Å²) in [6.07, 6.45) is 0.755. The topological polar surface area (TPSA) is 87.7 Å². The molecule has 1 fully saturated rings. The van der Waals surface area contributed by atoms with Gasteiger partial charge in [0.05, 0.1) is 7.11 Å². The smallest absolute Gasteiger partial charge is 0.421 e. The molecule has 1 amide bonds. The van der Waals surface area contributed by atoms with E-state index in [2.05, 4.69) is 10.1 Å². The summed E-state index contributed by atoms with van der Waals surface area (Å²) in [5.41, 5.74) is 0. The fourth-order valence-electron chi connectivity index (χ4n) is 1.91. The van der Waals surface area contributed by atoms with Gasteiger partial charge >= 0.3 is 16.3 Å². The van der Waals surface area contributed by atoms with Gasteiger partial charge in [-0.15, -0.1) is 0 Å². The number of ether oxygens (including phenoxy) is 1. The Labute approximate surface area is 102 Å². The Hall–Kier alpha value is -0.860. The van der Waals surface area contributed by atoms with Crippen LogP contribution in [0.5, 0.6) is 0 Å². The maximum absolute atomic E-state index is 11.9. The van der Waals surface area contributed by atoms with Gasteiger partial charge in [0.15, 0.2) is 0 Å². The molecule has 1 atom stereocenters. The molecule has 0 saturated carbocycles. The van der Waals surface area contributed by atoms with Crippen LogP contribution in [-0.4, -0.2) is 51.6 Å². The SMILES string of the molecule is CCN(C1CCCNC1)S(=O)(=O)NC(=O)OC. The van der Waals surface area contributed by atoms with Crippen molar-refractivity contribution in [2.24, 2.45) is 0 Å². The lowest BCUT2D eigenvalue weighted by atomic mass is 10.1. The molecular formula is C9H19N3O4S. The number of hydrogen-bond acceptors (Lipinski definition) is 5. The maximum atomic E-state index is 11.9. The monoisotopic (exact) mass is 265 g/mol. The number of carbonyl (C=O) groups excluding carboxylic acids is 1. The van der Waals surface area contributed by atoms with Gasteiger partial charge in [-0.25, -0.2) is 9.52 Å². The Bertz CT molecular complexity index is 351. The highest BCUT2D eigenvalue weighted by molar-refractivity contribution is 7.87. The summed E-state index contributed by atoms with van der Waals surface area (Å²) in [6, 6.07) is -0.115. The molecule has 0 radical (unpaired) electrons. The molecule has 1 unspecified atom stereocenters. The Morgan fingerprint density at radius 3 is 2.76 bits per heavy atom. The third-order valence-electron chi connectivity index (χ3n) is 2.70. The zero-order valence-electron chi connectivity index (χ0n) is 10.1. The highest BCUT2D eigenvalue weighted by atomic mass is 32.2. The lowest BCUT2D eigenvalue weighted by molar-refractivity contribution is 0.176.